The summed E-state index contributed by atoms with van der Waals surface area (Å²) in [6.45, 7) is 4.75. The molecule has 0 saturated carbocycles. The summed E-state index contributed by atoms with van der Waals surface area (Å²) in [7, 11) is 0. The van der Waals surface area contributed by atoms with Gasteiger partial charge in [0, 0.05) is 0 Å². The molecule has 0 rings (SSSR count). The van der Waals surface area contributed by atoms with Gasteiger partial charge in [-0.2, -0.15) is 0 Å². The van der Waals surface area contributed by atoms with Crippen LogP contribution in [0.5, 0.6) is 0 Å². The van der Waals surface area contributed by atoms with Gasteiger partial charge in [-0.1, -0.05) is 0 Å². The van der Waals surface area contributed by atoms with Gasteiger partial charge in [0.25, 0.3) is 0 Å². The first-order valence-electron chi connectivity index (χ1n) is 1.01. The molecule has 0 heterocycles. The van der Waals surface area contributed by atoms with E-state index < -0.39 is 0 Å². The zero-order valence-corrected chi connectivity index (χ0v) is 3.83. The molecule has 0 aliphatic heterocycles. The molecular weight excluding hydrogens is 98.1 g/mol. The summed E-state index contributed by atoms with van der Waals surface area (Å²) in [6.07, 6.45) is 0. The Bertz CT molecular complexity index is 53.1. The van der Waals surface area contributed by atoms with Gasteiger partial charge >= 0.3 is 0 Å². The molecule has 3 nitrogen and oxygen atoms in total. The Kier molecular flexibility index (Phi) is 13.3. The fourth-order valence-electron chi connectivity index (χ4n) is 0. The first-order chi connectivity index (χ1) is 2.73. The highest BCUT2D eigenvalue weighted by atomic mass is 32.1. The van der Waals surface area contributed by atoms with E-state index in [9.17, 15) is 0 Å². The molecule has 0 amide bonds. The average Bonchev–Trinajstić information content (AvgIpc) is 1.41. The van der Waals surface area contributed by atoms with E-state index in [1.165, 1.54) is 0 Å². The van der Waals surface area contributed by atoms with Crippen LogP contribution >= 0.6 is 12.2 Å². The molecule has 0 fully saturated rings. The van der Waals surface area contributed by atoms with E-state index in [0.717, 1.165) is 0 Å². The Morgan fingerprint density at radius 3 is 1.50 bits per heavy atom. The molecular formula is C2H4N3S-. The Morgan fingerprint density at radius 1 is 1.50 bits per heavy atom. The molecule has 4 N–H and O–H groups in total. The molecule has 0 spiro atoms. The fraction of sp³-hybridized carbons (Fsp3) is 0. The van der Waals surface area contributed by atoms with E-state index in [4.69, 9.17) is 11.8 Å². The first-order valence-corrected chi connectivity index (χ1v) is 1.41. The lowest BCUT2D eigenvalue weighted by Crippen LogP contribution is -2.18. The molecule has 0 aromatic rings. The molecule has 0 bridgehead atoms. The van der Waals surface area contributed by atoms with Crippen molar-refractivity contribution in [2.75, 3.05) is 0 Å². The number of rotatable bonds is 0. The van der Waals surface area contributed by atoms with Crippen LogP contribution < -0.4 is 11.5 Å². The third-order valence-corrected chi connectivity index (χ3v) is 0. The summed E-state index contributed by atoms with van der Waals surface area (Å²) in [5, 5.41) is 6.25. The minimum Gasteiger partial charge on any atom is -0.512 e. The van der Waals surface area contributed by atoms with Crippen LogP contribution in [0.1, 0.15) is 0 Å². The maximum Gasteiger partial charge on any atom is 0.160 e. The Labute approximate surface area is 41.5 Å². The van der Waals surface area contributed by atoms with Crippen LogP contribution in [-0.4, -0.2) is 5.11 Å². The molecule has 0 aromatic heterocycles. The summed E-state index contributed by atoms with van der Waals surface area (Å²) in [4.78, 5) is 0. The lowest BCUT2D eigenvalue weighted by Gasteiger charge is -1.68. The van der Waals surface area contributed by atoms with Crippen molar-refractivity contribution in [2.45, 2.75) is 0 Å². The van der Waals surface area contributed by atoms with Crippen molar-refractivity contribution in [3.8, 4) is 0 Å². The van der Waals surface area contributed by atoms with Crippen molar-refractivity contribution in [3.63, 3.8) is 0 Å². The van der Waals surface area contributed by atoms with Gasteiger partial charge in [0.05, 0.1) is 0 Å². The molecule has 0 saturated heterocycles. The highest BCUT2D eigenvalue weighted by molar-refractivity contribution is 7.80. The fourth-order valence-corrected chi connectivity index (χ4v) is 0. The van der Waals surface area contributed by atoms with Crippen LogP contribution in [-0.2, 0) is 0 Å². The number of nitrogens with two attached hydrogens (primary N) is 2. The van der Waals surface area contributed by atoms with Crippen molar-refractivity contribution in [2.24, 2.45) is 11.5 Å². The highest BCUT2D eigenvalue weighted by Gasteiger charge is 1.53. The normalized spacial score (nSPS) is 4.33. The summed E-state index contributed by atoms with van der Waals surface area (Å²) in [5.41, 5.74) is 9.24. The lowest BCUT2D eigenvalue weighted by atomic mass is 11.3. The van der Waals surface area contributed by atoms with Gasteiger partial charge in [-0.05, 0) is 12.2 Å². The summed E-state index contributed by atoms with van der Waals surface area (Å²) in [5.74, 6) is 0. The molecule has 4 heteroatoms. The smallest absolute Gasteiger partial charge is 0.160 e. The van der Waals surface area contributed by atoms with Gasteiger partial charge in [0.2, 0.25) is 0 Å². The first kappa shape index (κ1) is 8.95. The second-order valence-corrected chi connectivity index (χ2v) is 0.874. The van der Waals surface area contributed by atoms with Crippen LogP contribution in [0, 0.1) is 11.8 Å². The van der Waals surface area contributed by atoms with Crippen molar-refractivity contribution < 1.29 is 0 Å². The SMILES string of the molecule is NC(N)=S.[C-]#N. The minimum absolute atomic E-state index is 0.000000000000000222. The van der Waals surface area contributed by atoms with E-state index >= 15 is 0 Å². The predicted octanol–water partition coefficient (Wildman–Crippen LogP) is -0.715. The summed E-state index contributed by atoms with van der Waals surface area (Å²) in [6, 6.07) is 0. The number of hydrogen-bond donors (Lipinski definition) is 2. The van der Waals surface area contributed by atoms with Crippen LogP contribution in [0.2, 0.25) is 0 Å². The quantitative estimate of drug-likeness (QED) is 0.313. The Morgan fingerprint density at radius 2 is 1.50 bits per heavy atom. The standard InChI is InChI=1S/CH4N2S.CN/c2-1(3)4;1-2/h(H4,2,3,4);/q;-1. The largest absolute Gasteiger partial charge is 0.512 e. The Hall–Kier alpha value is -0.820. The van der Waals surface area contributed by atoms with Crippen molar-refractivity contribution in [1.29, 1.82) is 5.26 Å². The van der Waals surface area contributed by atoms with Crippen molar-refractivity contribution >= 4 is 17.3 Å². The maximum absolute atomic E-state index is 6.25. The topological polar surface area (TPSA) is 75.8 Å². The van der Waals surface area contributed by atoms with Crippen molar-refractivity contribution in [1.82, 2.24) is 0 Å². The van der Waals surface area contributed by atoms with Gasteiger partial charge in [0.15, 0.2) is 5.11 Å². The van der Waals surface area contributed by atoms with Gasteiger partial charge in [-0.15, -0.1) is 0 Å². The summed E-state index contributed by atoms with van der Waals surface area (Å²) < 4.78 is 0. The van der Waals surface area contributed by atoms with Gasteiger partial charge in [-0.25, -0.2) is 0 Å². The van der Waals surface area contributed by atoms with Crippen molar-refractivity contribution in [3.05, 3.63) is 6.57 Å². The summed E-state index contributed by atoms with van der Waals surface area (Å²) >= 11 is 4.09. The van der Waals surface area contributed by atoms with Crippen LogP contribution in [0.25, 0.3) is 0 Å². The van der Waals surface area contributed by atoms with Gasteiger partial charge in [0.1, 0.15) is 0 Å². The number of hydrogen-bond acceptors (Lipinski definition) is 2. The second kappa shape index (κ2) is 8.89. The molecule has 0 aliphatic carbocycles. The molecule has 0 atom stereocenters. The molecule has 34 valence electrons. The minimum atomic E-state index is 0.000000000000000222. The molecule has 6 heavy (non-hydrogen) atoms. The van der Waals surface area contributed by atoms with Gasteiger partial charge < -0.3 is 23.3 Å². The predicted molar refractivity (Wildman–Crippen MR) is 25.9 cm³/mol. The molecule has 0 unspecified atom stereocenters. The van der Waals surface area contributed by atoms with E-state index in [2.05, 4.69) is 23.7 Å². The average molecular weight is 102 g/mol. The van der Waals surface area contributed by atoms with E-state index in [-0.39, 0.29) is 5.11 Å². The molecule has 0 aliphatic rings. The zero-order chi connectivity index (χ0) is 5.58. The maximum atomic E-state index is 6.25. The lowest BCUT2D eigenvalue weighted by molar-refractivity contribution is 1.53. The monoisotopic (exact) mass is 102 g/mol. The highest BCUT2D eigenvalue weighted by Crippen LogP contribution is 1.32. The third-order valence-electron chi connectivity index (χ3n) is 0. The Balaban J connectivity index is 0. The zero-order valence-electron chi connectivity index (χ0n) is 3.01. The van der Waals surface area contributed by atoms with Gasteiger partial charge in [-0.3, -0.25) is 0 Å². The van der Waals surface area contributed by atoms with E-state index in [1.807, 2.05) is 0 Å². The number of nitrogens with zero attached hydrogens (tertiary/aromatic N) is 1. The molecule has 0 aromatic carbocycles. The molecule has 0 radical (unpaired) electrons. The number of thiocarbonyl (C=S) groups is 1. The van der Waals surface area contributed by atoms with Crippen LogP contribution in [0.15, 0.2) is 0 Å². The van der Waals surface area contributed by atoms with E-state index in [1.54, 1.807) is 0 Å². The van der Waals surface area contributed by atoms with Crippen LogP contribution in [0.4, 0.5) is 0 Å². The van der Waals surface area contributed by atoms with E-state index in [0.29, 0.717) is 0 Å². The van der Waals surface area contributed by atoms with Crippen LogP contribution in [0.3, 0.4) is 0 Å². The second-order valence-electron chi connectivity index (χ2n) is 0.402. The third kappa shape index (κ3) is 22.5.